The van der Waals surface area contributed by atoms with Crippen LogP contribution in [0.5, 0.6) is 11.5 Å². The van der Waals surface area contributed by atoms with E-state index in [-0.39, 0.29) is 17.7 Å². The van der Waals surface area contributed by atoms with Crippen LogP contribution in [0.4, 0.5) is 0 Å². The molecule has 2 N–H and O–H groups in total. The SMILES string of the molecule is COc1ccc(C(=O)NC(C)CC(C)Br)cc1O. The molecule has 4 nitrogen and oxygen atoms in total. The molecule has 2 atom stereocenters. The maximum atomic E-state index is 11.9. The van der Waals surface area contributed by atoms with E-state index in [4.69, 9.17) is 4.74 Å². The predicted molar refractivity (Wildman–Crippen MR) is 74.6 cm³/mol. The summed E-state index contributed by atoms with van der Waals surface area (Å²) in [6.07, 6.45) is 0.841. The molecular weight excluding hydrogens is 298 g/mol. The molecule has 1 rings (SSSR count). The highest BCUT2D eigenvalue weighted by atomic mass is 79.9. The molecule has 1 amide bonds. The van der Waals surface area contributed by atoms with E-state index in [0.717, 1.165) is 6.42 Å². The molecule has 0 saturated heterocycles. The fourth-order valence-corrected chi connectivity index (χ4v) is 2.25. The van der Waals surface area contributed by atoms with Crippen molar-refractivity contribution in [2.75, 3.05) is 7.11 Å². The van der Waals surface area contributed by atoms with E-state index in [9.17, 15) is 9.90 Å². The van der Waals surface area contributed by atoms with Crippen LogP contribution in [-0.2, 0) is 0 Å². The Hall–Kier alpha value is -1.23. The number of hydrogen-bond acceptors (Lipinski definition) is 3. The zero-order valence-corrected chi connectivity index (χ0v) is 12.3. The molecule has 0 saturated carbocycles. The summed E-state index contributed by atoms with van der Waals surface area (Å²) in [5, 5.41) is 12.5. The molecule has 0 radical (unpaired) electrons. The van der Waals surface area contributed by atoms with Crippen molar-refractivity contribution in [2.24, 2.45) is 0 Å². The molecule has 5 heteroatoms. The van der Waals surface area contributed by atoms with E-state index in [0.29, 0.717) is 16.1 Å². The number of rotatable bonds is 5. The first kappa shape index (κ1) is 14.8. The fourth-order valence-electron chi connectivity index (χ4n) is 1.68. The van der Waals surface area contributed by atoms with Crippen molar-refractivity contribution in [2.45, 2.75) is 31.1 Å². The van der Waals surface area contributed by atoms with Crippen LogP contribution in [0.3, 0.4) is 0 Å². The van der Waals surface area contributed by atoms with Crippen molar-refractivity contribution in [3.05, 3.63) is 23.8 Å². The summed E-state index contributed by atoms with van der Waals surface area (Å²) in [7, 11) is 1.47. The third-order valence-electron chi connectivity index (χ3n) is 2.50. The molecule has 0 aliphatic rings. The minimum Gasteiger partial charge on any atom is -0.504 e. The molecular formula is C13H18BrNO3. The molecule has 0 bridgehead atoms. The second kappa shape index (κ2) is 6.64. The van der Waals surface area contributed by atoms with Gasteiger partial charge in [-0.15, -0.1) is 0 Å². The lowest BCUT2D eigenvalue weighted by molar-refractivity contribution is 0.0938. The zero-order chi connectivity index (χ0) is 13.7. The summed E-state index contributed by atoms with van der Waals surface area (Å²) in [6, 6.07) is 4.66. The number of carbonyl (C=O) groups excluding carboxylic acids is 1. The van der Waals surface area contributed by atoms with Crippen LogP contribution in [0.15, 0.2) is 18.2 Å². The average molecular weight is 316 g/mol. The van der Waals surface area contributed by atoms with Crippen molar-refractivity contribution in [1.29, 1.82) is 0 Å². The highest BCUT2D eigenvalue weighted by Gasteiger charge is 2.13. The minimum absolute atomic E-state index is 0.0355. The third-order valence-corrected chi connectivity index (χ3v) is 2.87. The Morgan fingerprint density at radius 1 is 1.50 bits per heavy atom. The first-order valence-corrected chi connectivity index (χ1v) is 6.67. The summed E-state index contributed by atoms with van der Waals surface area (Å²) in [6.45, 7) is 3.97. The summed E-state index contributed by atoms with van der Waals surface area (Å²) in [5.74, 6) is 0.119. The molecule has 1 aromatic carbocycles. The van der Waals surface area contributed by atoms with Crippen LogP contribution < -0.4 is 10.1 Å². The summed E-state index contributed by atoms with van der Waals surface area (Å²) in [5.41, 5.74) is 0.419. The molecule has 18 heavy (non-hydrogen) atoms. The molecule has 0 heterocycles. The van der Waals surface area contributed by atoms with Crippen LogP contribution in [0, 0.1) is 0 Å². The Balaban J connectivity index is 2.70. The van der Waals surface area contributed by atoms with Crippen molar-refractivity contribution in [1.82, 2.24) is 5.32 Å². The Morgan fingerprint density at radius 3 is 2.67 bits per heavy atom. The molecule has 1 aromatic rings. The minimum atomic E-state index is -0.200. The van der Waals surface area contributed by atoms with Crippen LogP contribution in [0.2, 0.25) is 0 Å². The number of methoxy groups -OCH3 is 1. The van der Waals surface area contributed by atoms with Crippen molar-refractivity contribution < 1.29 is 14.6 Å². The Kier molecular flexibility index (Phi) is 5.47. The first-order valence-electron chi connectivity index (χ1n) is 5.76. The van der Waals surface area contributed by atoms with E-state index in [2.05, 4.69) is 21.2 Å². The lowest BCUT2D eigenvalue weighted by atomic mass is 10.1. The number of nitrogens with one attached hydrogen (secondary N) is 1. The maximum absolute atomic E-state index is 11.9. The van der Waals surface area contributed by atoms with Gasteiger partial charge in [0.2, 0.25) is 0 Å². The van der Waals surface area contributed by atoms with Crippen molar-refractivity contribution in [3.63, 3.8) is 0 Å². The number of benzene rings is 1. The van der Waals surface area contributed by atoms with Gasteiger partial charge in [0.1, 0.15) is 0 Å². The first-order chi connectivity index (χ1) is 8.43. The number of amides is 1. The standard InChI is InChI=1S/C13H18BrNO3/c1-8(14)6-9(2)15-13(17)10-4-5-12(18-3)11(16)7-10/h4-5,7-9,16H,6H2,1-3H3,(H,15,17). The van der Waals surface area contributed by atoms with Gasteiger partial charge in [0, 0.05) is 16.4 Å². The lowest BCUT2D eigenvalue weighted by Crippen LogP contribution is -2.33. The average Bonchev–Trinajstić information content (AvgIpc) is 2.27. The Bertz CT molecular complexity index is 421. The predicted octanol–water partition coefficient (Wildman–Crippen LogP) is 2.69. The lowest BCUT2D eigenvalue weighted by Gasteiger charge is -2.15. The molecule has 0 spiro atoms. The van der Waals surface area contributed by atoms with Crippen LogP contribution in [0.1, 0.15) is 30.6 Å². The van der Waals surface area contributed by atoms with Gasteiger partial charge >= 0.3 is 0 Å². The largest absolute Gasteiger partial charge is 0.504 e. The fraction of sp³-hybridized carbons (Fsp3) is 0.462. The zero-order valence-electron chi connectivity index (χ0n) is 10.7. The van der Waals surface area contributed by atoms with Gasteiger partial charge in [0.05, 0.1) is 7.11 Å². The third kappa shape index (κ3) is 4.22. The Morgan fingerprint density at radius 2 is 2.17 bits per heavy atom. The molecule has 0 fully saturated rings. The number of carbonyl (C=O) groups is 1. The van der Waals surface area contributed by atoms with Gasteiger partial charge in [0.25, 0.3) is 5.91 Å². The van der Waals surface area contributed by atoms with Gasteiger partial charge in [0.15, 0.2) is 11.5 Å². The van der Waals surface area contributed by atoms with Crippen LogP contribution in [-0.4, -0.2) is 29.0 Å². The van der Waals surface area contributed by atoms with Crippen molar-refractivity contribution >= 4 is 21.8 Å². The number of aromatic hydroxyl groups is 1. The summed E-state index contributed by atoms with van der Waals surface area (Å²) in [4.78, 5) is 12.3. The molecule has 2 unspecified atom stereocenters. The van der Waals surface area contributed by atoms with E-state index in [1.807, 2.05) is 13.8 Å². The second-order valence-corrected chi connectivity index (χ2v) is 5.84. The van der Waals surface area contributed by atoms with Gasteiger partial charge in [-0.2, -0.15) is 0 Å². The number of alkyl halides is 1. The molecule has 0 aliphatic heterocycles. The molecule has 0 aliphatic carbocycles. The van der Waals surface area contributed by atoms with E-state index in [1.54, 1.807) is 12.1 Å². The summed E-state index contributed by atoms with van der Waals surface area (Å²) < 4.78 is 4.93. The highest BCUT2D eigenvalue weighted by Crippen LogP contribution is 2.26. The smallest absolute Gasteiger partial charge is 0.251 e. The number of phenolic OH excluding ortho intramolecular Hbond substituents is 1. The van der Waals surface area contributed by atoms with Gasteiger partial charge in [-0.3, -0.25) is 4.79 Å². The second-order valence-electron chi connectivity index (χ2n) is 4.28. The van der Waals surface area contributed by atoms with Crippen molar-refractivity contribution in [3.8, 4) is 11.5 Å². The maximum Gasteiger partial charge on any atom is 0.251 e. The number of phenols is 1. The number of hydrogen-bond donors (Lipinski definition) is 2. The van der Waals surface area contributed by atoms with E-state index < -0.39 is 0 Å². The van der Waals surface area contributed by atoms with Gasteiger partial charge in [-0.25, -0.2) is 0 Å². The monoisotopic (exact) mass is 315 g/mol. The summed E-state index contributed by atoms with van der Waals surface area (Å²) >= 11 is 3.44. The van der Waals surface area contributed by atoms with Gasteiger partial charge in [-0.05, 0) is 31.5 Å². The number of ether oxygens (including phenoxy) is 1. The molecule has 100 valence electrons. The quantitative estimate of drug-likeness (QED) is 0.821. The van der Waals surface area contributed by atoms with E-state index >= 15 is 0 Å². The highest BCUT2D eigenvalue weighted by molar-refractivity contribution is 9.09. The molecule has 0 aromatic heterocycles. The van der Waals surface area contributed by atoms with Crippen LogP contribution >= 0.6 is 15.9 Å². The van der Waals surface area contributed by atoms with Gasteiger partial charge < -0.3 is 15.2 Å². The van der Waals surface area contributed by atoms with Crippen LogP contribution in [0.25, 0.3) is 0 Å². The topological polar surface area (TPSA) is 58.6 Å². The normalized spacial score (nSPS) is 13.8. The van der Waals surface area contributed by atoms with Gasteiger partial charge in [-0.1, -0.05) is 22.9 Å². The van der Waals surface area contributed by atoms with E-state index in [1.165, 1.54) is 13.2 Å². The number of halogens is 1. The Labute approximate surface area is 115 Å².